The second-order valence-corrected chi connectivity index (χ2v) is 4.04. The number of amides is 1. The van der Waals surface area contributed by atoms with Crippen molar-refractivity contribution in [3.63, 3.8) is 0 Å². The Hall–Kier alpha value is -1.04. The molecule has 0 aromatic rings. The van der Waals surface area contributed by atoms with E-state index in [2.05, 4.69) is 0 Å². The number of carbonyl (C=O) groups excluding carboxylic acids is 1. The van der Waals surface area contributed by atoms with Crippen LogP contribution in [-0.4, -0.2) is 23.9 Å². The summed E-state index contributed by atoms with van der Waals surface area (Å²) in [5.74, 6) is 0.116. The zero-order valence-corrected chi connectivity index (χ0v) is 8.92. The van der Waals surface area contributed by atoms with Crippen molar-refractivity contribution < 1.29 is 4.79 Å². The minimum atomic E-state index is -0.342. The summed E-state index contributed by atoms with van der Waals surface area (Å²) in [6, 6.07) is 2.04. The second kappa shape index (κ2) is 4.86. The zero-order chi connectivity index (χ0) is 10.5. The maximum Gasteiger partial charge on any atom is 0.227 e. The molecule has 3 heteroatoms. The van der Waals surface area contributed by atoms with Gasteiger partial charge in [-0.2, -0.15) is 5.26 Å². The van der Waals surface area contributed by atoms with E-state index in [1.807, 2.05) is 33.8 Å². The molecule has 13 heavy (non-hydrogen) atoms. The fourth-order valence-corrected chi connectivity index (χ4v) is 1.06. The van der Waals surface area contributed by atoms with Crippen LogP contribution in [0.15, 0.2) is 0 Å². The van der Waals surface area contributed by atoms with Gasteiger partial charge in [-0.25, -0.2) is 0 Å². The largest absolute Gasteiger partial charge is 0.341 e. The van der Waals surface area contributed by atoms with E-state index in [1.54, 1.807) is 4.90 Å². The molecular weight excluding hydrogens is 164 g/mol. The second-order valence-electron chi connectivity index (χ2n) is 4.04. The Morgan fingerprint density at radius 2 is 2.00 bits per heavy atom. The maximum atomic E-state index is 11.7. The molecule has 0 unspecified atom stereocenters. The van der Waals surface area contributed by atoms with Crippen LogP contribution in [0.5, 0.6) is 0 Å². The molecule has 0 rings (SSSR count). The molecule has 0 aromatic heterocycles. The monoisotopic (exact) mass is 182 g/mol. The molecule has 0 spiro atoms. The minimum Gasteiger partial charge on any atom is -0.341 e. The molecule has 1 amide bonds. The van der Waals surface area contributed by atoms with Crippen molar-refractivity contribution in [3.05, 3.63) is 0 Å². The highest BCUT2D eigenvalue weighted by atomic mass is 16.2. The van der Waals surface area contributed by atoms with E-state index >= 15 is 0 Å². The minimum absolute atomic E-state index is 0.116. The van der Waals surface area contributed by atoms with Gasteiger partial charge in [0.15, 0.2) is 0 Å². The van der Waals surface area contributed by atoms with Crippen LogP contribution in [0.1, 0.15) is 34.1 Å². The van der Waals surface area contributed by atoms with E-state index in [1.165, 1.54) is 0 Å². The Labute approximate surface area is 80.3 Å². The summed E-state index contributed by atoms with van der Waals surface area (Å²) >= 11 is 0. The fourth-order valence-electron chi connectivity index (χ4n) is 1.06. The normalized spacial score (nSPS) is 10.7. The molecule has 0 atom stereocenters. The molecule has 0 saturated heterocycles. The highest BCUT2D eigenvalue weighted by Gasteiger charge is 2.25. The number of hydrogen-bond donors (Lipinski definition) is 0. The lowest BCUT2D eigenvalue weighted by atomic mass is 9.94. The average molecular weight is 182 g/mol. The first-order valence-corrected chi connectivity index (χ1v) is 4.59. The molecule has 74 valence electrons. The summed E-state index contributed by atoms with van der Waals surface area (Å²) in [6.07, 6.45) is 0.412. The Morgan fingerprint density at radius 1 is 1.46 bits per heavy atom. The van der Waals surface area contributed by atoms with Crippen LogP contribution in [-0.2, 0) is 4.79 Å². The molecule has 0 bridgehead atoms. The summed E-state index contributed by atoms with van der Waals surface area (Å²) < 4.78 is 0. The number of nitrogens with zero attached hydrogens (tertiary/aromatic N) is 2. The van der Waals surface area contributed by atoms with E-state index in [0.717, 1.165) is 0 Å². The highest BCUT2D eigenvalue weighted by Crippen LogP contribution is 2.17. The van der Waals surface area contributed by atoms with Crippen LogP contribution < -0.4 is 0 Å². The van der Waals surface area contributed by atoms with Crippen molar-refractivity contribution in [1.29, 1.82) is 5.26 Å². The molecular formula is C10H18N2O. The van der Waals surface area contributed by atoms with Gasteiger partial charge < -0.3 is 4.90 Å². The number of nitriles is 1. The third-order valence-electron chi connectivity index (χ3n) is 1.80. The molecule has 0 aromatic carbocycles. The van der Waals surface area contributed by atoms with Crippen LogP contribution in [0, 0.1) is 16.7 Å². The van der Waals surface area contributed by atoms with Crippen LogP contribution >= 0.6 is 0 Å². The van der Waals surface area contributed by atoms with Crippen LogP contribution in [0.3, 0.4) is 0 Å². The van der Waals surface area contributed by atoms with E-state index in [9.17, 15) is 4.79 Å². The van der Waals surface area contributed by atoms with Crippen molar-refractivity contribution >= 4 is 5.91 Å². The van der Waals surface area contributed by atoms with Gasteiger partial charge >= 0.3 is 0 Å². The Balaban J connectivity index is 4.26. The molecule has 0 aliphatic carbocycles. The third-order valence-corrected chi connectivity index (χ3v) is 1.80. The van der Waals surface area contributed by atoms with E-state index in [-0.39, 0.29) is 11.3 Å². The van der Waals surface area contributed by atoms with Crippen molar-refractivity contribution in [2.75, 3.05) is 13.1 Å². The highest BCUT2D eigenvalue weighted by molar-refractivity contribution is 5.81. The maximum absolute atomic E-state index is 11.7. The van der Waals surface area contributed by atoms with Gasteiger partial charge in [-0.05, 0) is 6.92 Å². The van der Waals surface area contributed by atoms with Gasteiger partial charge in [0.2, 0.25) is 5.91 Å². The topological polar surface area (TPSA) is 44.1 Å². The summed E-state index contributed by atoms with van der Waals surface area (Å²) in [6.45, 7) is 8.83. The average Bonchev–Trinajstić information content (AvgIpc) is 2.04. The van der Waals surface area contributed by atoms with E-state index < -0.39 is 0 Å². The van der Waals surface area contributed by atoms with Crippen molar-refractivity contribution in [2.45, 2.75) is 34.1 Å². The number of rotatable bonds is 3. The lowest BCUT2D eigenvalue weighted by Gasteiger charge is -2.27. The van der Waals surface area contributed by atoms with Crippen LogP contribution in [0.2, 0.25) is 0 Å². The van der Waals surface area contributed by atoms with Gasteiger partial charge in [-0.1, -0.05) is 20.8 Å². The summed E-state index contributed by atoms with van der Waals surface area (Å²) in [5, 5.41) is 8.41. The zero-order valence-electron chi connectivity index (χ0n) is 8.92. The first-order valence-electron chi connectivity index (χ1n) is 4.59. The molecule has 0 aliphatic rings. The molecule has 3 nitrogen and oxygen atoms in total. The summed E-state index contributed by atoms with van der Waals surface area (Å²) in [5.41, 5.74) is -0.342. The third kappa shape index (κ3) is 3.93. The quantitative estimate of drug-likeness (QED) is 0.668. The lowest BCUT2D eigenvalue weighted by molar-refractivity contribution is -0.139. The smallest absolute Gasteiger partial charge is 0.227 e. The summed E-state index contributed by atoms with van der Waals surface area (Å²) in [7, 11) is 0. The van der Waals surface area contributed by atoms with Crippen molar-refractivity contribution in [2.24, 2.45) is 5.41 Å². The molecule has 0 saturated carbocycles. The molecule has 0 fully saturated rings. The van der Waals surface area contributed by atoms with Crippen LogP contribution in [0.25, 0.3) is 0 Å². The van der Waals surface area contributed by atoms with Crippen LogP contribution in [0.4, 0.5) is 0 Å². The SMILES string of the molecule is CCN(CCC#N)C(=O)C(C)(C)C. The van der Waals surface area contributed by atoms with E-state index in [4.69, 9.17) is 5.26 Å². The molecule has 0 N–H and O–H groups in total. The first-order chi connectivity index (χ1) is 5.93. The number of carbonyl (C=O) groups is 1. The Morgan fingerprint density at radius 3 is 2.31 bits per heavy atom. The van der Waals surface area contributed by atoms with Gasteiger partial charge in [0.05, 0.1) is 12.5 Å². The van der Waals surface area contributed by atoms with Gasteiger partial charge in [0, 0.05) is 18.5 Å². The predicted octanol–water partition coefficient (Wildman–Crippen LogP) is 1.79. The fraction of sp³-hybridized carbons (Fsp3) is 0.800. The van der Waals surface area contributed by atoms with Gasteiger partial charge in [0.25, 0.3) is 0 Å². The Kier molecular flexibility index (Phi) is 4.47. The first kappa shape index (κ1) is 12.0. The van der Waals surface area contributed by atoms with Gasteiger partial charge in [-0.3, -0.25) is 4.79 Å². The summed E-state index contributed by atoms with van der Waals surface area (Å²) in [4.78, 5) is 13.4. The van der Waals surface area contributed by atoms with E-state index in [0.29, 0.717) is 19.5 Å². The number of hydrogen-bond acceptors (Lipinski definition) is 2. The lowest BCUT2D eigenvalue weighted by Crippen LogP contribution is -2.39. The molecule has 0 radical (unpaired) electrons. The van der Waals surface area contributed by atoms with Gasteiger partial charge in [0.1, 0.15) is 0 Å². The standard InChI is InChI=1S/C10H18N2O/c1-5-12(8-6-7-11)9(13)10(2,3)4/h5-6,8H2,1-4H3. The molecule has 0 heterocycles. The Bertz CT molecular complexity index is 210. The molecule has 0 aliphatic heterocycles. The predicted molar refractivity (Wildman–Crippen MR) is 51.9 cm³/mol. The van der Waals surface area contributed by atoms with Crippen molar-refractivity contribution in [1.82, 2.24) is 4.90 Å². The van der Waals surface area contributed by atoms with Crippen molar-refractivity contribution in [3.8, 4) is 6.07 Å². The van der Waals surface area contributed by atoms with Gasteiger partial charge in [-0.15, -0.1) is 0 Å².